The highest BCUT2D eigenvalue weighted by atomic mass is 16.2. The number of carbonyl (C=O) groups is 1. The summed E-state index contributed by atoms with van der Waals surface area (Å²) < 4.78 is 2.05. The van der Waals surface area contributed by atoms with Crippen molar-refractivity contribution >= 4 is 5.91 Å². The fourth-order valence-corrected chi connectivity index (χ4v) is 5.09. The van der Waals surface area contributed by atoms with Crippen LogP contribution in [0.2, 0.25) is 0 Å². The second kappa shape index (κ2) is 8.40. The van der Waals surface area contributed by atoms with Crippen LogP contribution in [-0.2, 0) is 19.5 Å². The fourth-order valence-electron chi connectivity index (χ4n) is 5.09. The summed E-state index contributed by atoms with van der Waals surface area (Å²) in [6.07, 6.45) is 18.4. The Kier molecular flexibility index (Phi) is 5.47. The van der Waals surface area contributed by atoms with Crippen LogP contribution < -0.4 is 10.9 Å². The van der Waals surface area contributed by atoms with E-state index in [4.69, 9.17) is 0 Å². The molecule has 164 valence electrons. The molecule has 5 rings (SSSR count). The third-order valence-corrected chi connectivity index (χ3v) is 7.22. The summed E-state index contributed by atoms with van der Waals surface area (Å²) in [5.41, 5.74) is 2.44. The molecule has 1 saturated carbocycles. The van der Waals surface area contributed by atoms with Gasteiger partial charge in [0.2, 0.25) is 0 Å². The van der Waals surface area contributed by atoms with Crippen molar-refractivity contribution in [3.63, 3.8) is 0 Å². The van der Waals surface area contributed by atoms with E-state index in [1.54, 1.807) is 24.2 Å². The lowest BCUT2D eigenvalue weighted by Crippen LogP contribution is -2.31. The molecule has 1 fully saturated rings. The summed E-state index contributed by atoms with van der Waals surface area (Å²) in [6.45, 7) is 1.21. The van der Waals surface area contributed by atoms with E-state index in [2.05, 4.69) is 25.9 Å². The van der Waals surface area contributed by atoms with E-state index in [-0.39, 0.29) is 18.3 Å². The molecule has 1 amide bonds. The van der Waals surface area contributed by atoms with E-state index in [0.29, 0.717) is 6.54 Å². The van der Waals surface area contributed by atoms with Gasteiger partial charge in [-0.3, -0.25) is 14.6 Å². The second-order valence-corrected chi connectivity index (χ2v) is 9.60. The van der Waals surface area contributed by atoms with Gasteiger partial charge in [0.25, 0.3) is 11.5 Å². The van der Waals surface area contributed by atoms with Crippen molar-refractivity contribution in [1.29, 1.82) is 0 Å². The molecule has 6 heteroatoms. The van der Waals surface area contributed by atoms with E-state index in [1.807, 2.05) is 12.1 Å². The van der Waals surface area contributed by atoms with E-state index in [0.717, 1.165) is 56.0 Å². The Balaban J connectivity index is 0.00000245. The first-order valence-corrected chi connectivity index (χ1v) is 11.6. The number of amides is 1. The molecule has 2 aliphatic carbocycles. The standard InChI is InChI=1S/C25H30N4O2.H2/c30-23(27-15-20-8-12-26-13-9-20)21-16-29-17-25(14-22(29)28-24(21)31)10-1-2-18(7-11-25)3-4-19-5-6-19;/h2,8-9,12-13,16,19H,1,3-7,10-11,14-15,17H2,(H,27,30);1H. The molecule has 6 nitrogen and oxygen atoms in total. The first-order chi connectivity index (χ1) is 15.1. The lowest BCUT2D eigenvalue weighted by atomic mass is 9.78. The highest BCUT2D eigenvalue weighted by Crippen LogP contribution is 2.44. The molecular formula is C25H32N4O2. The first-order valence-electron chi connectivity index (χ1n) is 11.6. The van der Waals surface area contributed by atoms with Crippen LogP contribution in [-0.4, -0.2) is 20.4 Å². The number of rotatable bonds is 6. The molecule has 0 bridgehead atoms. The summed E-state index contributed by atoms with van der Waals surface area (Å²) in [6, 6.07) is 3.69. The zero-order valence-corrected chi connectivity index (χ0v) is 18.0. The quantitative estimate of drug-likeness (QED) is 0.716. The van der Waals surface area contributed by atoms with Gasteiger partial charge in [0.1, 0.15) is 11.4 Å². The van der Waals surface area contributed by atoms with E-state index < -0.39 is 5.56 Å². The maximum Gasteiger partial charge on any atom is 0.285 e. The Morgan fingerprint density at radius 2 is 2.10 bits per heavy atom. The Labute approximate surface area is 184 Å². The summed E-state index contributed by atoms with van der Waals surface area (Å²) in [5, 5.41) is 2.83. The zero-order valence-electron chi connectivity index (χ0n) is 18.0. The van der Waals surface area contributed by atoms with Gasteiger partial charge in [-0.2, -0.15) is 4.98 Å². The number of nitrogens with one attached hydrogen (secondary N) is 1. The average molecular weight is 421 g/mol. The third kappa shape index (κ3) is 4.63. The zero-order chi connectivity index (χ0) is 21.3. The molecule has 1 unspecified atom stereocenters. The molecule has 0 radical (unpaired) electrons. The fraction of sp³-hybridized carbons (Fsp3) is 0.520. The highest BCUT2D eigenvalue weighted by molar-refractivity contribution is 5.93. The lowest BCUT2D eigenvalue weighted by molar-refractivity contribution is 0.0948. The minimum absolute atomic E-state index is 0. The van der Waals surface area contributed by atoms with Gasteiger partial charge in [-0.15, -0.1) is 0 Å². The van der Waals surface area contributed by atoms with Crippen LogP contribution in [0.1, 0.15) is 74.5 Å². The molecule has 2 aromatic heterocycles. The van der Waals surface area contributed by atoms with Crippen LogP contribution >= 0.6 is 0 Å². The van der Waals surface area contributed by atoms with Crippen LogP contribution in [0.3, 0.4) is 0 Å². The molecule has 1 spiro atoms. The number of hydrogen-bond acceptors (Lipinski definition) is 4. The van der Waals surface area contributed by atoms with Gasteiger partial charge >= 0.3 is 0 Å². The Bertz CT molecular complexity index is 1060. The Morgan fingerprint density at radius 3 is 2.90 bits per heavy atom. The van der Waals surface area contributed by atoms with Crippen LogP contribution in [0.4, 0.5) is 0 Å². The molecule has 1 atom stereocenters. The molecule has 1 N–H and O–H groups in total. The Hall–Kier alpha value is -2.76. The van der Waals surface area contributed by atoms with Gasteiger partial charge in [-0.25, -0.2) is 0 Å². The third-order valence-electron chi connectivity index (χ3n) is 7.22. The van der Waals surface area contributed by atoms with Crippen molar-refractivity contribution in [2.24, 2.45) is 11.3 Å². The predicted octanol–water partition coefficient (Wildman–Crippen LogP) is 4.05. The average Bonchev–Trinajstić information content (AvgIpc) is 3.56. The number of pyridine rings is 1. The summed E-state index contributed by atoms with van der Waals surface area (Å²) in [4.78, 5) is 33.5. The van der Waals surface area contributed by atoms with Crippen molar-refractivity contribution in [2.45, 2.75) is 70.9 Å². The lowest BCUT2D eigenvalue weighted by Gasteiger charge is -2.26. The Morgan fingerprint density at radius 1 is 1.26 bits per heavy atom. The molecule has 1 aliphatic heterocycles. The van der Waals surface area contributed by atoms with Gasteiger partial charge in [-0.1, -0.05) is 24.5 Å². The molecule has 2 aromatic rings. The SMILES string of the molecule is O=C(NCc1ccncc1)c1cn2c(nc1=O)CC1(CCC=C(CCC3CC3)CC1)C2.[HH]. The number of aromatic nitrogens is 3. The molecule has 0 saturated heterocycles. The number of allylic oxidation sites excluding steroid dienone is 2. The summed E-state index contributed by atoms with van der Waals surface area (Å²) in [5.74, 6) is 1.44. The van der Waals surface area contributed by atoms with E-state index in [9.17, 15) is 9.59 Å². The predicted molar refractivity (Wildman–Crippen MR) is 121 cm³/mol. The van der Waals surface area contributed by atoms with Crippen molar-refractivity contribution < 1.29 is 6.22 Å². The van der Waals surface area contributed by atoms with Crippen LogP contribution in [0.5, 0.6) is 0 Å². The van der Waals surface area contributed by atoms with Gasteiger partial charge in [0.05, 0.1) is 0 Å². The minimum atomic E-state index is -0.424. The van der Waals surface area contributed by atoms with Gasteiger partial charge < -0.3 is 9.88 Å². The smallest absolute Gasteiger partial charge is 0.285 e. The summed E-state index contributed by atoms with van der Waals surface area (Å²) in [7, 11) is 0. The normalized spacial score (nSPS) is 22.6. The van der Waals surface area contributed by atoms with Crippen LogP contribution in [0.25, 0.3) is 0 Å². The van der Waals surface area contributed by atoms with E-state index in [1.165, 1.54) is 25.7 Å². The van der Waals surface area contributed by atoms with Gasteiger partial charge in [0.15, 0.2) is 0 Å². The van der Waals surface area contributed by atoms with E-state index >= 15 is 0 Å². The maximum absolute atomic E-state index is 12.6. The first kappa shape index (κ1) is 20.2. The minimum Gasteiger partial charge on any atom is -0.348 e. The maximum atomic E-state index is 12.6. The number of hydrogen-bond donors (Lipinski definition) is 1. The van der Waals surface area contributed by atoms with Crippen molar-refractivity contribution in [1.82, 2.24) is 19.9 Å². The number of nitrogens with zero attached hydrogens (tertiary/aromatic N) is 3. The highest BCUT2D eigenvalue weighted by Gasteiger charge is 2.39. The largest absolute Gasteiger partial charge is 0.348 e. The molecule has 3 aliphatic rings. The van der Waals surface area contributed by atoms with Crippen molar-refractivity contribution in [3.8, 4) is 0 Å². The molecular weight excluding hydrogens is 388 g/mol. The molecule has 0 aromatic carbocycles. The molecule has 3 heterocycles. The van der Waals surface area contributed by atoms with Gasteiger partial charge in [-0.05, 0) is 67.6 Å². The second-order valence-electron chi connectivity index (χ2n) is 9.60. The topological polar surface area (TPSA) is 76.9 Å². The summed E-state index contributed by atoms with van der Waals surface area (Å²) >= 11 is 0. The number of carbonyl (C=O) groups excluding carboxylic acids is 1. The molecule has 31 heavy (non-hydrogen) atoms. The van der Waals surface area contributed by atoms with Crippen molar-refractivity contribution in [3.05, 3.63) is 69.7 Å². The number of fused-ring (bicyclic) bond motifs is 1. The van der Waals surface area contributed by atoms with Crippen molar-refractivity contribution in [2.75, 3.05) is 0 Å². The van der Waals surface area contributed by atoms with Crippen LogP contribution in [0, 0.1) is 11.3 Å². The monoisotopic (exact) mass is 420 g/mol. The van der Waals surface area contributed by atoms with Gasteiger partial charge in [0, 0.05) is 39.5 Å². The van der Waals surface area contributed by atoms with Crippen LogP contribution in [0.15, 0.2) is 47.2 Å².